The van der Waals surface area contributed by atoms with Gasteiger partial charge in [0.25, 0.3) is 5.91 Å². The minimum Gasteiger partial charge on any atom is -0.396 e. The molecule has 0 spiro atoms. The Kier molecular flexibility index (Phi) is 5.43. The van der Waals surface area contributed by atoms with Crippen LogP contribution in [0.1, 0.15) is 16.8 Å². The average Bonchev–Trinajstić information content (AvgIpc) is 2.88. The van der Waals surface area contributed by atoms with Crippen molar-refractivity contribution in [2.45, 2.75) is 6.42 Å². The van der Waals surface area contributed by atoms with E-state index in [0.29, 0.717) is 23.0 Å². The number of benzene rings is 1. The standard InChI is InChI=1S/C14H17FN2O2S/c15-11-3-1-4-12-13(11)10(9-17-12)14(19)16-5-8-20-7-2-6-18/h1,3-4,9,17-18H,2,5-8H2,(H,16,19). The molecule has 0 aliphatic rings. The molecular formula is C14H17FN2O2S. The Balaban J connectivity index is 1.91. The number of aliphatic hydroxyl groups excluding tert-OH is 1. The van der Waals surface area contributed by atoms with E-state index in [4.69, 9.17) is 5.11 Å². The Morgan fingerprint density at radius 3 is 3.05 bits per heavy atom. The normalized spacial score (nSPS) is 10.9. The molecule has 1 aromatic carbocycles. The summed E-state index contributed by atoms with van der Waals surface area (Å²) in [5.74, 6) is 0.973. The number of hydrogen-bond donors (Lipinski definition) is 3. The van der Waals surface area contributed by atoms with Gasteiger partial charge in [-0.2, -0.15) is 11.8 Å². The van der Waals surface area contributed by atoms with Crippen LogP contribution < -0.4 is 5.32 Å². The molecule has 0 atom stereocenters. The van der Waals surface area contributed by atoms with Gasteiger partial charge in [0, 0.05) is 36.0 Å². The summed E-state index contributed by atoms with van der Waals surface area (Å²) in [5.41, 5.74) is 0.950. The molecule has 0 unspecified atom stereocenters. The zero-order valence-electron chi connectivity index (χ0n) is 11.0. The highest BCUT2D eigenvalue weighted by Crippen LogP contribution is 2.21. The topological polar surface area (TPSA) is 65.1 Å². The van der Waals surface area contributed by atoms with E-state index in [9.17, 15) is 9.18 Å². The van der Waals surface area contributed by atoms with Crippen LogP contribution >= 0.6 is 11.8 Å². The van der Waals surface area contributed by atoms with Crippen LogP contribution in [0.3, 0.4) is 0 Å². The molecule has 0 aliphatic heterocycles. The summed E-state index contributed by atoms with van der Waals surface area (Å²) in [6.07, 6.45) is 2.29. The summed E-state index contributed by atoms with van der Waals surface area (Å²) in [6, 6.07) is 4.69. The van der Waals surface area contributed by atoms with Crippen LogP contribution in [0, 0.1) is 5.82 Å². The second-order valence-electron chi connectivity index (χ2n) is 4.31. The molecule has 2 rings (SSSR count). The van der Waals surface area contributed by atoms with Crippen LogP contribution in [-0.2, 0) is 0 Å². The van der Waals surface area contributed by atoms with E-state index in [1.807, 2.05) is 0 Å². The minimum atomic E-state index is -0.397. The van der Waals surface area contributed by atoms with Gasteiger partial charge < -0.3 is 15.4 Å². The molecule has 2 aromatic rings. The fourth-order valence-corrected chi connectivity index (χ4v) is 2.70. The van der Waals surface area contributed by atoms with Crippen molar-refractivity contribution in [1.29, 1.82) is 0 Å². The zero-order valence-corrected chi connectivity index (χ0v) is 11.8. The van der Waals surface area contributed by atoms with Crippen LogP contribution in [0.4, 0.5) is 4.39 Å². The van der Waals surface area contributed by atoms with Crippen LogP contribution in [0.2, 0.25) is 0 Å². The molecular weight excluding hydrogens is 279 g/mol. The number of H-pyrrole nitrogens is 1. The predicted octanol–water partition coefficient (Wildman–Crippen LogP) is 2.15. The highest BCUT2D eigenvalue weighted by Gasteiger charge is 2.14. The number of fused-ring (bicyclic) bond motifs is 1. The summed E-state index contributed by atoms with van der Waals surface area (Å²) in [4.78, 5) is 14.9. The first-order valence-corrected chi connectivity index (χ1v) is 7.62. The highest BCUT2D eigenvalue weighted by atomic mass is 32.2. The van der Waals surface area contributed by atoms with Crippen LogP contribution in [-0.4, -0.2) is 40.7 Å². The van der Waals surface area contributed by atoms with Crippen molar-refractivity contribution in [2.75, 3.05) is 24.7 Å². The summed E-state index contributed by atoms with van der Waals surface area (Å²) in [6.45, 7) is 0.712. The number of halogens is 1. The average molecular weight is 296 g/mol. The molecule has 0 saturated heterocycles. The van der Waals surface area contributed by atoms with Gasteiger partial charge >= 0.3 is 0 Å². The molecule has 0 bridgehead atoms. The minimum absolute atomic E-state index is 0.188. The van der Waals surface area contributed by atoms with E-state index in [2.05, 4.69) is 10.3 Å². The summed E-state index contributed by atoms with van der Waals surface area (Å²) in [5, 5.41) is 11.7. The van der Waals surface area contributed by atoms with E-state index in [1.54, 1.807) is 23.9 Å². The van der Waals surface area contributed by atoms with Gasteiger partial charge in [-0.05, 0) is 24.3 Å². The summed E-state index contributed by atoms with van der Waals surface area (Å²) in [7, 11) is 0. The largest absolute Gasteiger partial charge is 0.396 e. The second-order valence-corrected chi connectivity index (χ2v) is 5.53. The third kappa shape index (κ3) is 3.52. The second kappa shape index (κ2) is 7.31. The van der Waals surface area contributed by atoms with E-state index in [-0.39, 0.29) is 12.5 Å². The Bertz CT molecular complexity index is 586. The van der Waals surface area contributed by atoms with Gasteiger partial charge in [-0.1, -0.05) is 6.07 Å². The first kappa shape index (κ1) is 14.9. The maximum atomic E-state index is 13.7. The lowest BCUT2D eigenvalue weighted by atomic mass is 10.1. The Morgan fingerprint density at radius 2 is 2.25 bits per heavy atom. The monoisotopic (exact) mass is 296 g/mol. The summed E-state index contributed by atoms with van der Waals surface area (Å²) < 4.78 is 13.7. The molecule has 3 N–H and O–H groups in total. The molecule has 108 valence electrons. The lowest BCUT2D eigenvalue weighted by molar-refractivity contribution is 0.0957. The van der Waals surface area contributed by atoms with Gasteiger partial charge in [0.05, 0.1) is 5.56 Å². The van der Waals surface area contributed by atoms with Crippen LogP contribution in [0.5, 0.6) is 0 Å². The van der Waals surface area contributed by atoms with Gasteiger partial charge in [-0.3, -0.25) is 4.79 Å². The summed E-state index contributed by atoms with van der Waals surface area (Å²) >= 11 is 1.67. The fourth-order valence-electron chi connectivity index (χ4n) is 1.92. The molecule has 0 aliphatic carbocycles. The number of carbonyl (C=O) groups excluding carboxylic acids is 1. The third-order valence-corrected chi connectivity index (χ3v) is 3.95. The van der Waals surface area contributed by atoms with E-state index >= 15 is 0 Å². The number of aliphatic hydroxyl groups is 1. The maximum absolute atomic E-state index is 13.7. The SMILES string of the molecule is O=C(NCCSCCCO)c1c[nH]c2cccc(F)c12. The van der Waals surface area contributed by atoms with E-state index < -0.39 is 5.82 Å². The number of nitrogens with one attached hydrogen (secondary N) is 2. The Labute approximate surface area is 120 Å². The first-order valence-electron chi connectivity index (χ1n) is 6.46. The van der Waals surface area contributed by atoms with Gasteiger partial charge in [0.2, 0.25) is 0 Å². The molecule has 1 aromatic heterocycles. The molecule has 20 heavy (non-hydrogen) atoms. The number of carbonyl (C=O) groups is 1. The number of hydrogen-bond acceptors (Lipinski definition) is 3. The quantitative estimate of drug-likeness (QED) is 0.686. The van der Waals surface area contributed by atoms with Crippen LogP contribution in [0.15, 0.2) is 24.4 Å². The third-order valence-electron chi connectivity index (χ3n) is 2.88. The number of aromatic amines is 1. The van der Waals surface area contributed by atoms with Crippen molar-refractivity contribution < 1.29 is 14.3 Å². The van der Waals surface area contributed by atoms with Crippen LogP contribution in [0.25, 0.3) is 10.9 Å². The molecule has 1 heterocycles. The Morgan fingerprint density at radius 1 is 1.40 bits per heavy atom. The molecule has 0 radical (unpaired) electrons. The molecule has 0 saturated carbocycles. The first-order chi connectivity index (χ1) is 9.74. The molecule has 6 heteroatoms. The maximum Gasteiger partial charge on any atom is 0.253 e. The van der Waals surface area contributed by atoms with Gasteiger partial charge in [0.15, 0.2) is 0 Å². The van der Waals surface area contributed by atoms with Crippen molar-refractivity contribution in [1.82, 2.24) is 10.3 Å². The Hall–Kier alpha value is -1.53. The lowest BCUT2D eigenvalue weighted by Crippen LogP contribution is -2.25. The van der Waals surface area contributed by atoms with Gasteiger partial charge in [-0.15, -0.1) is 0 Å². The van der Waals surface area contributed by atoms with E-state index in [1.165, 1.54) is 12.3 Å². The molecule has 4 nitrogen and oxygen atoms in total. The van der Waals surface area contributed by atoms with Crippen molar-refractivity contribution >= 4 is 28.6 Å². The van der Waals surface area contributed by atoms with Crippen molar-refractivity contribution in [3.63, 3.8) is 0 Å². The molecule has 1 amide bonds. The highest BCUT2D eigenvalue weighted by molar-refractivity contribution is 7.99. The lowest BCUT2D eigenvalue weighted by Gasteiger charge is -2.04. The van der Waals surface area contributed by atoms with Crippen molar-refractivity contribution in [2.24, 2.45) is 0 Å². The number of amides is 1. The fraction of sp³-hybridized carbons (Fsp3) is 0.357. The predicted molar refractivity (Wildman–Crippen MR) is 79.6 cm³/mol. The van der Waals surface area contributed by atoms with E-state index in [0.717, 1.165) is 17.9 Å². The molecule has 0 fully saturated rings. The number of aromatic nitrogens is 1. The smallest absolute Gasteiger partial charge is 0.253 e. The van der Waals surface area contributed by atoms with Gasteiger partial charge in [-0.25, -0.2) is 4.39 Å². The zero-order chi connectivity index (χ0) is 14.4. The number of rotatable bonds is 7. The van der Waals surface area contributed by atoms with Crippen molar-refractivity contribution in [3.05, 3.63) is 35.8 Å². The van der Waals surface area contributed by atoms with Gasteiger partial charge in [0.1, 0.15) is 5.82 Å². The number of thioether (sulfide) groups is 1. The van der Waals surface area contributed by atoms with Crippen molar-refractivity contribution in [3.8, 4) is 0 Å².